The normalized spacial score (nSPS) is 29.7. The quantitative estimate of drug-likeness (QED) is 0.800. The minimum atomic E-state index is -4.43. The van der Waals surface area contributed by atoms with Gasteiger partial charge in [-0.1, -0.05) is 0 Å². The fraction of sp³-hybridized carbons (Fsp3) is 0.714. The van der Waals surface area contributed by atoms with Crippen LogP contribution in [0.5, 0.6) is 0 Å². The third-order valence-corrected chi connectivity index (χ3v) is 6.52. The molecule has 2 aliphatic heterocycles. The molecule has 0 bridgehead atoms. The molecule has 1 aromatic rings. The van der Waals surface area contributed by atoms with E-state index in [-0.39, 0.29) is 36.6 Å². The summed E-state index contributed by atoms with van der Waals surface area (Å²) in [5.41, 5.74) is 0.398. The van der Waals surface area contributed by atoms with E-state index in [0.29, 0.717) is 37.4 Å². The second-order valence-corrected chi connectivity index (χ2v) is 8.46. The van der Waals surface area contributed by atoms with Crippen LogP contribution in [0, 0.1) is 5.92 Å². The largest absolute Gasteiger partial charge is 0.417 e. The number of fused-ring (bicyclic) bond motifs is 1. The molecule has 3 aliphatic rings. The van der Waals surface area contributed by atoms with Crippen molar-refractivity contribution >= 4 is 5.91 Å². The first-order valence-electron chi connectivity index (χ1n) is 10.6. The van der Waals surface area contributed by atoms with Gasteiger partial charge in [-0.25, -0.2) is 0 Å². The van der Waals surface area contributed by atoms with Gasteiger partial charge in [-0.15, -0.1) is 0 Å². The Hall–Kier alpha value is -1.71. The number of alkyl halides is 3. The SMILES string of the molecule is CO[C@@H]1COCC[C@@H]1N[C@@H]1CC[C@H](C(=O)N2CCc3ncc(C(F)(F)F)cc3C2)C1. The maximum absolute atomic E-state index is 13.1. The van der Waals surface area contributed by atoms with Gasteiger partial charge in [0.15, 0.2) is 0 Å². The van der Waals surface area contributed by atoms with E-state index in [1.54, 1.807) is 12.0 Å². The van der Waals surface area contributed by atoms with Crippen LogP contribution in [0.1, 0.15) is 42.5 Å². The highest BCUT2D eigenvalue weighted by Gasteiger charge is 2.37. The molecular weight excluding hydrogens is 399 g/mol. The molecule has 166 valence electrons. The van der Waals surface area contributed by atoms with E-state index in [0.717, 1.165) is 37.9 Å². The third kappa shape index (κ3) is 4.63. The lowest BCUT2D eigenvalue weighted by Crippen LogP contribution is -2.50. The van der Waals surface area contributed by atoms with Crippen molar-refractivity contribution in [2.24, 2.45) is 5.92 Å². The van der Waals surface area contributed by atoms with Crippen LogP contribution < -0.4 is 5.32 Å². The molecule has 9 heteroatoms. The third-order valence-electron chi connectivity index (χ3n) is 6.52. The van der Waals surface area contributed by atoms with E-state index in [4.69, 9.17) is 9.47 Å². The Morgan fingerprint density at radius 3 is 2.93 bits per heavy atom. The first-order valence-corrected chi connectivity index (χ1v) is 10.6. The molecule has 0 aromatic carbocycles. The summed E-state index contributed by atoms with van der Waals surface area (Å²) in [6, 6.07) is 1.60. The van der Waals surface area contributed by atoms with Gasteiger partial charge in [-0.2, -0.15) is 13.2 Å². The number of rotatable bonds is 4. The van der Waals surface area contributed by atoms with E-state index in [1.807, 2.05) is 0 Å². The summed E-state index contributed by atoms with van der Waals surface area (Å²) >= 11 is 0. The van der Waals surface area contributed by atoms with Crippen LogP contribution in [-0.2, 0) is 33.4 Å². The maximum Gasteiger partial charge on any atom is 0.417 e. The van der Waals surface area contributed by atoms with Gasteiger partial charge in [0, 0.05) is 63.1 Å². The predicted molar refractivity (Wildman–Crippen MR) is 103 cm³/mol. The minimum Gasteiger partial charge on any atom is -0.379 e. The van der Waals surface area contributed by atoms with Crippen molar-refractivity contribution in [1.29, 1.82) is 0 Å². The van der Waals surface area contributed by atoms with Crippen LogP contribution in [0.25, 0.3) is 0 Å². The molecule has 6 nitrogen and oxygen atoms in total. The Morgan fingerprint density at radius 2 is 2.17 bits per heavy atom. The minimum absolute atomic E-state index is 0.0161. The van der Waals surface area contributed by atoms with Gasteiger partial charge >= 0.3 is 6.18 Å². The molecule has 0 unspecified atom stereocenters. The zero-order chi connectivity index (χ0) is 21.3. The van der Waals surface area contributed by atoms with Crippen LogP contribution in [-0.4, -0.2) is 60.8 Å². The lowest BCUT2D eigenvalue weighted by atomic mass is 10.00. The highest BCUT2D eigenvalue weighted by atomic mass is 19.4. The van der Waals surface area contributed by atoms with Gasteiger partial charge in [0.05, 0.1) is 18.3 Å². The summed E-state index contributed by atoms with van der Waals surface area (Å²) in [4.78, 5) is 18.7. The van der Waals surface area contributed by atoms with E-state index in [1.165, 1.54) is 0 Å². The average molecular weight is 427 g/mol. The molecule has 4 atom stereocenters. The summed E-state index contributed by atoms with van der Waals surface area (Å²) in [6.07, 6.45) is 0.293. The zero-order valence-corrected chi connectivity index (χ0v) is 17.1. The number of amides is 1. The number of pyridine rings is 1. The number of nitrogens with one attached hydrogen (secondary N) is 1. The molecule has 1 aliphatic carbocycles. The number of aromatic nitrogens is 1. The van der Waals surface area contributed by atoms with Gasteiger partial charge in [0.25, 0.3) is 0 Å². The van der Waals surface area contributed by atoms with Gasteiger partial charge in [0.2, 0.25) is 5.91 Å². The fourth-order valence-electron chi connectivity index (χ4n) is 4.82. The summed E-state index contributed by atoms with van der Waals surface area (Å²) < 4.78 is 50.0. The van der Waals surface area contributed by atoms with Crippen molar-refractivity contribution in [1.82, 2.24) is 15.2 Å². The van der Waals surface area contributed by atoms with Gasteiger partial charge in [0.1, 0.15) is 0 Å². The number of halogens is 3. The number of carbonyl (C=O) groups is 1. The van der Waals surface area contributed by atoms with Crippen molar-refractivity contribution in [2.75, 3.05) is 26.9 Å². The molecule has 1 aromatic heterocycles. The van der Waals surface area contributed by atoms with E-state index in [9.17, 15) is 18.0 Å². The van der Waals surface area contributed by atoms with E-state index in [2.05, 4.69) is 10.3 Å². The smallest absolute Gasteiger partial charge is 0.379 e. The molecule has 1 saturated heterocycles. The molecule has 0 spiro atoms. The van der Waals surface area contributed by atoms with Crippen molar-refractivity contribution in [2.45, 2.75) is 63.0 Å². The summed E-state index contributed by atoms with van der Waals surface area (Å²) in [6.45, 7) is 1.98. The predicted octanol–water partition coefficient (Wildman–Crippen LogP) is 2.55. The van der Waals surface area contributed by atoms with Crippen LogP contribution >= 0.6 is 0 Å². The number of nitrogens with zero attached hydrogens (tertiary/aromatic N) is 2. The Kier molecular flexibility index (Phi) is 6.31. The van der Waals surface area contributed by atoms with E-state index >= 15 is 0 Å². The number of ether oxygens (including phenoxy) is 2. The van der Waals surface area contributed by atoms with Gasteiger partial charge in [-0.3, -0.25) is 9.78 Å². The Balaban J connectivity index is 1.35. The highest BCUT2D eigenvalue weighted by Crippen LogP contribution is 2.33. The summed E-state index contributed by atoms with van der Waals surface area (Å²) in [5, 5.41) is 3.64. The molecule has 3 heterocycles. The van der Waals surface area contributed by atoms with Gasteiger partial charge < -0.3 is 19.7 Å². The summed E-state index contributed by atoms with van der Waals surface area (Å²) in [5.74, 6) is -0.0544. The summed E-state index contributed by atoms with van der Waals surface area (Å²) in [7, 11) is 1.68. The average Bonchev–Trinajstić information content (AvgIpc) is 3.20. The van der Waals surface area contributed by atoms with Crippen LogP contribution in [0.4, 0.5) is 13.2 Å². The topological polar surface area (TPSA) is 63.7 Å². The highest BCUT2D eigenvalue weighted by molar-refractivity contribution is 5.79. The van der Waals surface area contributed by atoms with Crippen molar-refractivity contribution in [3.05, 3.63) is 29.1 Å². The number of hydrogen-bond donors (Lipinski definition) is 1. The van der Waals surface area contributed by atoms with E-state index < -0.39 is 11.7 Å². The maximum atomic E-state index is 13.1. The number of methoxy groups -OCH3 is 1. The number of carbonyl (C=O) groups excluding carboxylic acids is 1. The lowest BCUT2D eigenvalue weighted by molar-refractivity contribution is -0.137. The molecule has 1 saturated carbocycles. The fourth-order valence-corrected chi connectivity index (χ4v) is 4.82. The second kappa shape index (κ2) is 8.80. The second-order valence-electron chi connectivity index (χ2n) is 8.46. The zero-order valence-electron chi connectivity index (χ0n) is 17.1. The molecule has 1 N–H and O–H groups in total. The Morgan fingerprint density at radius 1 is 1.33 bits per heavy atom. The van der Waals surface area contributed by atoms with Crippen molar-refractivity contribution < 1.29 is 27.4 Å². The van der Waals surface area contributed by atoms with Crippen LogP contribution in [0.2, 0.25) is 0 Å². The monoisotopic (exact) mass is 427 g/mol. The lowest BCUT2D eigenvalue weighted by Gasteiger charge is -2.33. The number of hydrogen-bond acceptors (Lipinski definition) is 5. The molecule has 2 fully saturated rings. The first kappa shape index (κ1) is 21.5. The molecule has 4 rings (SSSR count). The molecule has 30 heavy (non-hydrogen) atoms. The Labute approximate surface area is 174 Å². The standard InChI is InChI=1S/C21H28F3N3O3/c1-29-19-12-30-7-5-18(19)26-16-3-2-13(9-16)20(28)27-6-4-17-14(11-27)8-15(10-25-17)21(22,23)24/h8,10,13,16,18-19,26H,2-7,9,11-12H2,1H3/t13-,16+,18-,19+/m0/s1. The molecule has 0 radical (unpaired) electrons. The van der Waals surface area contributed by atoms with Gasteiger partial charge in [-0.05, 0) is 37.3 Å². The molecular formula is C21H28F3N3O3. The Bertz CT molecular complexity index is 774. The first-order chi connectivity index (χ1) is 14.3. The van der Waals surface area contributed by atoms with Crippen LogP contribution in [0.15, 0.2) is 12.3 Å². The van der Waals surface area contributed by atoms with Crippen LogP contribution in [0.3, 0.4) is 0 Å². The van der Waals surface area contributed by atoms with Crippen molar-refractivity contribution in [3.8, 4) is 0 Å². The van der Waals surface area contributed by atoms with Crippen molar-refractivity contribution in [3.63, 3.8) is 0 Å². The molecule has 1 amide bonds.